The van der Waals surface area contributed by atoms with E-state index in [2.05, 4.69) is 24.5 Å². The highest BCUT2D eigenvalue weighted by Gasteiger charge is 2.70. The van der Waals surface area contributed by atoms with Crippen LogP contribution in [0.2, 0.25) is 10.0 Å². The third-order valence-electron chi connectivity index (χ3n) is 11.3. The minimum Gasteiger partial charge on any atom is -0.393 e. The molecule has 4 N–H and O–H groups in total. The van der Waals surface area contributed by atoms with Gasteiger partial charge in [-0.05, 0) is 78.5 Å². The SMILES string of the molecule is CC(C)C[C@H]1N([C@H](c2ccccc2)[C@@H](O)c2ccccc2)[C@@H](C(=O)NC2CCC(O)CC2)[C@H](c2cccc(Cl)c2F)[C@@]12C(=O)Nc1cc(Cl)ccc12. The lowest BCUT2D eigenvalue weighted by Crippen LogP contribution is -2.53. The van der Waals surface area contributed by atoms with Crippen molar-refractivity contribution in [3.63, 3.8) is 0 Å². The van der Waals surface area contributed by atoms with E-state index >= 15 is 14.0 Å². The van der Waals surface area contributed by atoms with Crippen LogP contribution in [0.5, 0.6) is 0 Å². The number of hydrogen-bond acceptors (Lipinski definition) is 5. The molecule has 10 heteroatoms. The van der Waals surface area contributed by atoms with E-state index in [4.69, 9.17) is 23.2 Å². The fourth-order valence-electron chi connectivity index (χ4n) is 9.12. The van der Waals surface area contributed by atoms with Crippen molar-refractivity contribution < 1.29 is 24.2 Å². The number of fused-ring (bicyclic) bond motifs is 2. The first-order valence-corrected chi connectivity index (χ1v) is 18.9. The van der Waals surface area contributed by atoms with Crippen LogP contribution in [0.1, 0.15) is 86.3 Å². The van der Waals surface area contributed by atoms with Crippen molar-refractivity contribution in [3.8, 4) is 0 Å². The molecule has 2 fully saturated rings. The predicted octanol–water partition coefficient (Wildman–Crippen LogP) is 8.10. The van der Waals surface area contributed by atoms with Crippen LogP contribution in [0.25, 0.3) is 0 Å². The van der Waals surface area contributed by atoms with E-state index in [1.165, 1.54) is 6.07 Å². The van der Waals surface area contributed by atoms with Crippen LogP contribution in [0.15, 0.2) is 97.1 Å². The molecular weight excluding hydrogens is 700 g/mol. The van der Waals surface area contributed by atoms with Crippen LogP contribution in [0.4, 0.5) is 10.1 Å². The van der Waals surface area contributed by atoms with E-state index < -0.39 is 47.5 Å². The summed E-state index contributed by atoms with van der Waals surface area (Å²) in [6.45, 7) is 4.12. The summed E-state index contributed by atoms with van der Waals surface area (Å²) in [7, 11) is 0. The number of aliphatic hydroxyl groups is 2. The van der Waals surface area contributed by atoms with Gasteiger partial charge in [-0.1, -0.05) is 116 Å². The number of rotatable bonds is 9. The molecule has 7 rings (SSSR count). The molecule has 0 unspecified atom stereocenters. The number of nitrogens with zero attached hydrogens (tertiary/aromatic N) is 1. The zero-order valence-corrected chi connectivity index (χ0v) is 30.7. The first kappa shape index (κ1) is 36.6. The maximum absolute atomic E-state index is 16.7. The lowest BCUT2D eigenvalue weighted by molar-refractivity contribution is -0.130. The van der Waals surface area contributed by atoms with Gasteiger partial charge >= 0.3 is 0 Å². The summed E-state index contributed by atoms with van der Waals surface area (Å²) < 4.78 is 16.7. The van der Waals surface area contributed by atoms with Crippen molar-refractivity contribution in [1.29, 1.82) is 0 Å². The van der Waals surface area contributed by atoms with Crippen LogP contribution >= 0.6 is 23.2 Å². The van der Waals surface area contributed by atoms with Crippen LogP contribution in [0.3, 0.4) is 0 Å². The molecule has 1 saturated carbocycles. The summed E-state index contributed by atoms with van der Waals surface area (Å²) in [4.78, 5) is 32.4. The summed E-state index contributed by atoms with van der Waals surface area (Å²) in [5.41, 5.74) is 1.11. The normalized spacial score (nSPS) is 27.0. The highest BCUT2D eigenvalue weighted by atomic mass is 35.5. The topological polar surface area (TPSA) is 102 Å². The van der Waals surface area contributed by atoms with Gasteiger partial charge in [0.15, 0.2) is 0 Å². The van der Waals surface area contributed by atoms with Crippen molar-refractivity contribution in [2.45, 2.75) is 93.7 Å². The molecule has 3 aliphatic rings. The van der Waals surface area contributed by atoms with Crippen molar-refractivity contribution in [1.82, 2.24) is 10.2 Å². The van der Waals surface area contributed by atoms with Gasteiger partial charge in [0, 0.05) is 28.7 Å². The van der Waals surface area contributed by atoms with Gasteiger partial charge < -0.3 is 20.8 Å². The van der Waals surface area contributed by atoms with Crippen molar-refractivity contribution >= 4 is 40.7 Å². The minimum absolute atomic E-state index is 0.0188. The van der Waals surface area contributed by atoms with Gasteiger partial charge in [-0.2, -0.15) is 0 Å². The molecule has 1 saturated heterocycles. The molecule has 0 bridgehead atoms. The largest absolute Gasteiger partial charge is 0.393 e. The Balaban J connectivity index is 1.55. The van der Waals surface area contributed by atoms with E-state index in [0.717, 1.165) is 5.56 Å². The molecular formula is C42H44Cl2FN3O4. The van der Waals surface area contributed by atoms with Gasteiger partial charge in [-0.15, -0.1) is 0 Å². The monoisotopic (exact) mass is 743 g/mol. The van der Waals surface area contributed by atoms with E-state index in [1.807, 2.05) is 71.6 Å². The number of anilines is 1. The highest BCUT2D eigenvalue weighted by Crippen LogP contribution is 2.62. The molecule has 2 amide bonds. The number of amides is 2. The fourth-order valence-corrected chi connectivity index (χ4v) is 9.47. The number of aliphatic hydroxyl groups excluding tert-OH is 2. The van der Waals surface area contributed by atoms with Crippen LogP contribution in [0, 0.1) is 11.7 Å². The Hall–Kier alpha value is -3.79. The molecule has 52 heavy (non-hydrogen) atoms. The van der Waals surface area contributed by atoms with Crippen LogP contribution in [-0.4, -0.2) is 51.2 Å². The number of benzene rings is 4. The van der Waals surface area contributed by atoms with Gasteiger partial charge in [0.25, 0.3) is 0 Å². The molecule has 0 radical (unpaired) electrons. The molecule has 7 nitrogen and oxygen atoms in total. The van der Waals surface area contributed by atoms with Crippen molar-refractivity contribution in [2.75, 3.05) is 5.32 Å². The van der Waals surface area contributed by atoms with Gasteiger partial charge in [0.1, 0.15) is 11.2 Å². The fraction of sp³-hybridized carbons (Fsp3) is 0.381. The first-order chi connectivity index (χ1) is 25.0. The van der Waals surface area contributed by atoms with Gasteiger partial charge in [-0.3, -0.25) is 14.5 Å². The second-order valence-corrected chi connectivity index (χ2v) is 15.7. The smallest absolute Gasteiger partial charge is 0.238 e. The molecule has 1 spiro atoms. The number of carbonyl (C=O) groups is 2. The summed E-state index contributed by atoms with van der Waals surface area (Å²) in [6.07, 6.45) is 1.09. The number of nitrogens with one attached hydrogen (secondary N) is 2. The Bertz CT molecular complexity index is 1920. The molecule has 6 atom stereocenters. The van der Waals surface area contributed by atoms with Crippen molar-refractivity contribution in [3.05, 3.63) is 135 Å². The van der Waals surface area contributed by atoms with E-state index in [-0.39, 0.29) is 34.4 Å². The Morgan fingerprint density at radius 1 is 0.942 bits per heavy atom. The van der Waals surface area contributed by atoms with Gasteiger partial charge in [-0.25, -0.2) is 4.39 Å². The summed E-state index contributed by atoms with van der Waals surface area (Å²) >= 11 is 13.0. The Morgan fingerprint density at radius 2 is 1.60 bits per heavy atom. The second kappa shape index (κ2) is 14.9. The van der Waals surface area contributed by atoms with Gasteiger partial charge in [0.05, 0.1) is 29.3 Å². The first-order valence-electron chi connectivity index (χ1n) is 18.1. The van der Waals surface area contributed by atoms with Crippen molar-refractivity contribution in [2.24, 2.45) is 5.92 Å². The Labute approximate surface area is 314 Å². The predicted molar refractivity (Wildman–Crippen MR) is 202 cm³/mol. The number of halogens is 3. The summed E-state index contributed by atoms with van der Waals surface area (Å²) in [5, 5.41) is 29.5. The summed E-state index contributed by atoms with van der Waals surface area (Å²) in [6, 6.07) is 25.8. The zero-order valence-electron chi connectivity index (χ0n) is 29.2. The Morgan fingerprint density at radius 3 is 2.25 bits per heavy atom. The average Bonchev–Trinajstić information content (AvgIpc) is 3.58. The van der Waals surface area contributed by atoms with E-state index in [0.29, 0.717) is 53.9 Å². The summed E-state index contributed by atoms with van der Waals surface area (Å²) in [5.74, 6) is -2.52. The van der Waals surface area contributed by atoms with Crippen LogP contribution in [-0.2, 0) is 15.0 Å². The maximum Gasteiger partial charge on any atom is 0.238 e. The lowest BCUT2D eigenvalue weighted by atomic mass is 9.63. The third-order valence-corrected chi connectivity index (χ3v) is 11.8. The van der Waals surface area contributed by atoms with Gasteiger partial charge in [0.2, 0.25) is 11.8 Å². The molecule has 272 valence electrons. The number of carbonyl (C=O) groups excluding carboxylic acids is 2. The molecule has 2 aliphatic heterocycles. The second-order valence-electron chi connectivity index (χ2n) is 14.9. The molecule has 4 aromatic carbocycles. The van der Waals surface area contributed by atoms with E-state index in [9.17, 15) is 10.2 Å². The number of hydrogen-bond donors (Lipinski definition) is 4. The number of likely N-dealkylation sites (tertiary alicyclic amines) is 1. The lowest BCUT2D eigenvalue weighted by Gasteiger charge is -2.43. The molecule has 1 aliphatic carbocycles. The van der Waals surface area contributed by atoms with Crippen LogP contribution < -0.4 is 10.6 Å². The maximum atomic E-state index is 16.7. The standard InChI is InChI=1S/C42H44Cl2FN3O4/c1-24(2)22-34-42(31-21-16-27(43)23-33(31)47-41(42)52)35(30-14-9-15-32(44)36(30)45)38(40(51)46-28-17-19-29(49)20-18-28)48(34)37(25-10-5-3-6-11-25)39(50)26-12-7-4-8-13-26/h3-16,21,23-24,28-29,34-35,37-39,49-50H,17-20,22H2,1-2H3,(H,46,51)(H,47,52)/t28?,29?,34-,35+,37-,38-,39+,42+/m1/s1. The molecule has 2 heterocycles. The highest BCUT2D eigenvalue weighted by molar-refractivity contribution is 6.31. The zero-order chi connectivity index (χ0) is 36.7. The minimum atomic E-state index is -1.51. The molecule has 4 aromatic rings. The van der Waals surface area contributed by atoms with E-state index in [1.54, 1.807) is 24.3 Å². The third kappa shape index (κ3) is 6.43. The Kier molecular flexibility index (Phi) is 10.5. The average molecular weight is 745 g/mol. The quantitative estimate of drug-likeness (QED) is 0.139. The molecule has 0 aromatic heterocycles.